The molecule has 34 heavy (non-hydrogen) atoms. The van der Waals surface area contributed by atoms with E-state index < -0.39 is 0 Å². The van der Waals surface area contributed by atoms with Crippen LogP contribution in [0.4, 0.5) is 0 Å². The molecular weight excluding hydrogens is 463 g/mol. The second kappa shape index (κ2) is 9.77. The van der Waals surface area contributed by atoms with Gasteiger partial charge in [0, 0.05) is 29.1 Å². The van der Waals surface area contributed by atoms with Gasteiger partial charge in [0.25, 0.3) is 5.91 Å². The lowest BCUT2D eigenvalue weighted by atomic mass is 9.89. The number of benzene rings is 3. The SMILES string of the molecule is Cc1c(-c2ccc(Cl)cc2Cl)nc2ccccc2c1C(=O)N1CCC(Cc2ccccc2)CC1. The van der Waals surface area contributed by atoms with Gasteiger partial charge in [0.1, 0.15) is 0 Å². The lowest BCUT2D eigenvalue weighted by Gasteiger charge is -2.33. The Balaban J connectivity index is 1.46. The van der Waals surface area contributed by atoms with E-state index in [-0.39, 0.29) is 5.91 Å². The van der Waals surface area contributed by atoms with Crippen LogP contribution < -0.4 is 0 Å². The van der Waals surface area contributed by atoms with Crippen LogP contribution in [-0.2, 0) is 6.42 Å². The van der Waals surface area contributed by atoms with E-state index in [0.29, 0.717) is 21.5 Å². The number of nitrogens with zero attached hydrogens (tertiary/aromatic N) is 2. The van der Waals surface area contributed by atoms with E-state index in [0.717, 1.165) is 60.1 Å². The summed E-state index contributed by atoms with van der Waals surface area (Å²) >= 11 is 12.7. The molecule has 0 atom stereocenters. The zero-order valence-corrected chi connectivity index (χ0v) is 20.6. The van der Waals surface area contributed by atoms with Crippen molar-refractivity contribution in [2.24, 2.45) is 5.92 Å². The third-order valence-electron chi connectivity index (χ3n) is 6.80. The smallest absolute Gasteiger partial charge is 0.254 e. The molecule has 4 aromatic rings. The van der Waals surface area contributed by atoms with Crippen LogP contribution in [-0.4, -0.2) is 28.9 Å². The molecule has 1 aromatic heterocycles. The van der Waals surface area contributed by atoms with Crippen LogP contribution >= 0.6 is 23.2 Å². The van der Waals surface area contributed by atoms with Crippen LogP contribution in [0.25, 0.3) is 22.2 Å². The molecule has 172 valence electrons. The quantitative estimate of drug-likeness (QED) is 0.296. The molecule has 2 heterocycles. The summed E-state index contributed by atoms with van der Waals surface area (Å²) in [5, 5.41) is 1.98. The normalized spacial score (nSPS) is 14.5. The first-order valence-electron chi connectivity index (χ1n) is 11.7. The third kappa shape index (κ3) is 4.55. The maximum atomic E-state index is 13.9. The number of likely N-dealkylation sites (tertiary alicyclic amines) is 1. The topological polar surface area (TPSA) is 33.2 Å². The number of piperidine rings is 1. The molecule has 5 heteroatoms. The van der Waals surface area contributed by atoms with Crippen molar-refractivity contribution < 1.29 is 4.79 Å². The summed E-state index contributed by atoms with van der Waals surface area (Å²) in [5.74, 6) is 0.672. The van der Waals surface area contributed by atoms with Crippen LogP contribution in [0.3, 0.4) is 0 Å². The average molecular weight is 489 g/mol. The minimum atomic E-state index is 0.0700. The first-order valence-corrected chi connectivity index (χ1v) is 12.4. The van der Waals surface area contributed by atoms with Gasteiger partial charge in [-0.05, 0) is 67.5 Å². The van der Waals surface area contributed by atoms with E-state index in [1.807, 2.05) is 42.2 Å². The van der Waals surface area contributed by atoms with Gasteiger partial charge in [-0.15, -0.1) is 0 Å². The summed E-state index contributed by atoms with van der Waals surface area (Å²) in [6.07, 6.45) is 3.09. The van der Waals surface area contributed by atoms with Crippen LogP contribution in [0.1, 0.15) is 34.3 Å². The lowest BCUT2D eigenvalue weighted by Crippen LogP contribution is -2.39. The van der Waals surface area contributed by atoms with Crippen molar-refractivity contribution in [1.82, 2.24) is 9.88 Å². The Morgan fingerprint density at radius 1 is 0.971 bits per heavy atom. The molecule has 0 bridgehead atoms. The molecule has 1 amide bonds. The van der Waals surface area contributed by atoms with Gasteiger partial charge in [-0.25, -0.2) is 4.98 Å². The average Bonchev–Trinajstić information content (AvgIpc) is 2.85. The number of aromatic nitrogens is 1. The first-order chi connectivity index (χ1) is 16.5. The Morgan fingerprint density at radius 3 is 2.41 bits per heavy atom. The number of carbonyl (C=O) groups is 1. The highest BCUT2D eigenvalue weighted by atomic mass is 35.5. The molecule has 0 saturated carbocycles. The van der Waals surface area contributed by atoms with Gasteiger partial charge in [0.15, 0.2) is 0 Å². The highest BCUT2D eigenvalue weighted by Crippen LogP contribution is 2.36. The van der Waals surface area contributed by atoms with Crippen molar-refractivity contribution in [1.29, 1.82) is 0 Å². The molecule has 1 fully saturated rings. The largest absolute Gasteiger partial charge is 0.339 e. The molecule has 5 rings (SSSR count). The summed E-state index contributed by atoms with van der Waals surface area (Å²) in [5.41, 5.74) is 5.23. The number of amides is 1. The highest BCUT2D eigenvalue weighted by molar-refractivity contribution is 6.36. The van der Waals surface area contributed by atoms with Gasteiger partial charge < -0.3 is 4.90 Å². The fourth-order valence-electron chi connectivity index (χ4n) is 4.97. The van der Waals surface area contributed by atoms with E-state index in [2.05, 4.69) is 30.3 Å². The number of halogens is 2. The second-order valence-corrected chi connectivity index (χ2v) is 9.87. The lowest BCUT2D eigenvalue weighted by molar-refractivity contribution is 0.0692. The van der Waals surface area contributed by atoms with Gasteiger partial charge >= 0.3 is 0 Å². The second-order valence-electron chi connectivity index (χ2n) is 9.03. The predicted molar refractivity (Wildman–Crippen MR) is 141 cm³/mol. The van der Waals surface area contributed by atoms with Gasteiger partial charge in [0.2, 0.25) is 0 Å². The fourth-order valence-corrected chi connectivity index (χ4v) is 5.47. The molecule has 0 spiro atoms. The van der Waals surface area contributed by atoms with Gasteiger partial charge in [-0.3, -0.25) is 4.79 Å². The number of fused-ring (bicyclic) bond motifs is 1. The Hall–Kier alpha value is -2.88. The van der Waals surface area contributed by atoms with E-state index in [1.54, 1.807) is 12.1 Å². The maximum absolute atomic E-state index is 13.9. The standard InChI is InChI=1S/C29H26Cl2N2O/c1-19-27(29(34)33-15-13-21(14-16-33)17-20-7-3-2-4-8-20)24-9-5-6-10-26(24)32-28(19)23-12-11-22(30)18-25(23)31/h2-12,18,21H,13-17H2,1H3. The first kappa shape index (κ1) is 22.9. The number of hydrogen-bond acceptors (Lipinski definition) is 2. The number of para-hydroxylation sites is 1. The summed E-state index contributed by atoms with van der Waals surface area (Å²) < 4.78 is 0. The Kier molecular flexibility index (Phi) is 6.58. The van der Waals surface area contributed by atoms with Crippen molar-refractivity contribution in [3.8, 4) is 11.3 Å². The van der Waals surface area contributed by atoms with Crippen molar-refractivity contribution in [3.05, 3.63) is 99.5 Å². The van der Waals surface area contributed by atoms with Gasteiger partial charge in [0.05, 0.1) is 21.8 Å². The number of rotatable bonds is 4. The molecule has 3 nitrogen and oxygen atoms in total. The third-order valence-corrected chi connectivity index (χ3v) is 7.35. The van der Waals surface area contributed by atoms with Gasteiger partial charge in [-0.2, -0.15) is 0 Å². The van der Waals surface area contributed by atoms with Crippen molar-refractivity contribution in [2.45, 2.75) is 26.2 Å². The summed E-state index contributed by atoms with van der Waals surface area (Å²) in [6.45, 7) is 3.50. The van der Waals surface area contributed by atoms with Crippen LogP contribution in [0.5, 0.6) is 0 Å². The highest BCUT2D eigenvalue weighted by Gasteiger charge is 2.27. The Bertz CT molecular complexity index is 1350. The summed E-state index contributed by atoms with van der Waals surface area (Å²) in [4.78, 5) is 20.8. The van der Waals surface area contributed by atoms with E-state index in [4.69, 9.17) is 28.2 Å². The van der Waals surface area contributed by atoms with Crippen molar-refractivity contribution in [3.63, 3.8) is 0 Å². The molecule has 1 aliphatic rings. The maximum Gasteiger partial charge on any atom is 0.254 e. The van der Waals surface area contributed by atoms with E-state index >= 15 is 0 Å². The zero-order chi connectivity index (χ0) is 23.7. The molecular formula is C29H26Cl2N2O. The van der Waals surface area contributed by atoms with E-state index in [9.17, 15) is 4.79 Å². The van der Waals surface area contributed by atoms with Gasteiger partial charge in [-0.1, -0.05) is 71.7 Å². The van der Waals surface area contributed by atoms with Crippen LogP contribution in [0.15, 0.2) is 72.8 Å². The zero-order valence-electron chi connectivity index (χ0n) is 19.1. The number of pyridine rings is 1. The molecule has 1 saturated heterocycles. The monoisotopic (exact) mass is 488 g/mol. The molecule has 3 aromatic carbocycles. The minimum Gasteiger partial charge on any atom is -0.339 e. The number of carbonyl (C=O) groups excluding carboxylic acids is 1. The molecule has 1 aliphatic heterocycles. The van der Waals surface area contributed by atoms with Crippen molar-refractivity contribution >= 4 is 40.0 Å². The molecule has 0 radical (unpaired) electrons. The van der Waals surface area contributed by atoms with Crippen molar-refractivity contribution in [2.75, 3.05) is 13.1 Å². The molecule has 0 aliphatic carbocycles. The Labute approximate surface area is 210 Å². The summed E-state index contributed by atoms with van der Waals surface area (Å²) in [6, 6.07) is 23.8. The predicted octanol–water partition coefficient (Wildman–Crippen LogP) is 7.61. The molecule has 0 N–H and O–H groups in total. The number of hydrogen-bond donors (Lipinski definition) is 0. The van der Waals surface area contributed by atoms with Crippen LogP contribution in [0.2, 0.25) is 10.0 Å². The minimum absolute atomic E-state index is 0.0700. The van der Waals surface area contributed by atoms with E-state index in [1.165, 1.54) is 5.56 Å². The summed E-state index contributed by atoms with van der Waals surface area (Å²) in [7, 11) is 0. The molecule has 0 unspecified atom stereocenters. The van der Waals surface area contributed by atoms with Crippen LogP contribution in [0, 0.1) is 12.8 Å². The fraction of sp³-hybridized carbons (Fsp3) is 0.241. The Morgan fingerprint density at radius 2 is 1.68 bits per heavy atom.